The summed E-state index contributed by atoms with van der Waals surface area (Å²) in [7, 11) is 0. The maximum absolute atomic E-state index is 12.6. The maximum atomic E-state index is 12.6. The highest BCUT2D eigenvalue weighted by molar-refractivity contribution is 7.80. The second kappa shape index (κ2) is 9.67. The summed E-state index contributed by atoms with van der Waals surface area (Å²) in [6, 6.07) is 6.98. The normalized spacial score (nSPS) is 13.5. The molecule has 7 nitrogen and oxygen atoms in total. The van der Waals surface area contributed by atoms with Gasteiger partial charge in [-0.25, -0.2) is 4.79 Å². The van der Waals surface area contributed by atoms with Gasteiger partial charge in [-0.05, 0) is 44.1 Å². The number of nitrogens with zero attached hydrogens (tertiary/aromatic N) is 1. The SMILES string of the molecule is CCOC(=O)C=CC(=O)NC(=S)Nc1ccccc1C(=O)N1CCCC1. The predicted octanol–water partition coefficient (Wildman–Crippen LogP) is 1.85. The molecule has 26 heavy (non-hydrogen) atoms. The molecule has 1 fully saturated rings. The quantitative estimate of drug-likeness (QED) is 0.464. The van der Waals surface area contributed by atoms with E-state index in [9.17, 15) is 14.4 Å². The van der Waals surface area contributed by atoms with Crippen LogP contribution in [0.4, 0.5) is 5.69 Å². The van der Waals surface area contributed by atoms with Gasteiger partial charge in [0.2, 0.25) is 5.91 Å². The zero-order valence-electron chi connectivity index (χ0n) is 14.5. The number of para-hydroxylation sites is 1. The van der Waals surface area contributed by atoms with Crippen molar-refractivity contribution in [1.29, 1.82) is 0 Å². The van der Waals surface area contributed by atoms with Crippen LogP contribution in [0.15, 0.2) is 36.4 Å². The Hall–Kier alpha value is -2.74. The Kier molecular flexibility index (Phi) is 7.28. The van der Waals surface area contributed by atoms with Gasteiger partial charge in [-0.15, -0.1) is 0 Å². The van der Waals surface area contributed by atoms with Gasteiger partial charge in [0.15, 0.2) is 5.11 Å². The first-order valence-electron chi connectivity index (χ1n) is 8.36. The van der Waals surface area contributed by atoms with Crippen LogP contribution in [0.5, 0.6) is 0 Å². The van der Waals surface area contributed by atoms with Crippen molar-refractivity contribution in [3.05, 3.63) is 42.0 Å². The Labute approximate surface area is 157 Å². The summed E-state index contributed by atoms with van der Waals surface area (Å²) in [6.45, 7) is 3.39. The third kappa shape index (κ3) is 5.66. The lowest BCUT2D eigenvalue weighted by Crippen LogP contribution is -2.34. The number of esters is 1. The van der Waals surface area contributed by atoms with Crippen molar-refractivity contribution in [3.8, 4) is 0 Å². The van der Waals surface area contributed by atoms with Crippen molar-refractivity contribution in [2.75, 3.05) is 25.0 Å². The Morgan fingerprint density at radius 2 is 1.88 bits per heavy atom. The summed E-state index contributed by atoms with van der Waals surface area (Å²) in [5.74, 6) is -1.25. The molecule has 0 atom stereocenters. The lowest BCUT2D eigenvalue weighted by atomic mass is 10.1. The van der Waals surface area contributed by atoms with Gasteiger partial charge in [0.05, 0.1) is 17.9 Å². The van der Waals surface area contributed by atoms with E-state index in [1.165, 1.54) is 0 Å². The van der Waals surface area contributed by atoms with Crippen LogP contribution in [0.2, 0.25) is 0 Å². The number of hydrogen-bond acceptors (Lipinski definition) is 5. The van der Waals surface area contributed by atoms with Crippen molar-refractivity contribution in [2.45, 2.75) is 19.8 Å². The molecule has 0 aromatic heterocycles. The highest BCUT2D eigenvalue weighted by Gasteiger charge is 2.21. The van der Waals surface area contributed by atoms with E-state index in [-0.39, 0.29) is 17.6 Å². The number of likely N-dealkylation sites (tertiary alicyclic amines) is 1. The number of ether oxygens (including phenoxy) is 1. The Balaban J connectivity index is 1.97. The Bertz CT molecular complexity index is 727. The van der Waals surface area contributed by atoms with E-state index >= 15 is 0 Å². The average molecular weight is 375 g/mol. The number of hydrogen-bond donors (Lipinski definition) is 2. The number of anilines is 1. The molecule has 2 amide bonds. The molecule has 1 aliphatic rings. The third-order valence-corrected chi connectivity index (χ3v) is 3.90. The van der Waals surface area contributed by atoms with Crippen LogP contribution >= 0.6 is 12.2 Å². The lowest BCUT2D eigenvalue weighted by molar-refractivity contribution is -0.137. The van der Waals surface area contributed by atoms with Gasteiger partial charge in [-0.3, -0.25) is 14.9 Å². The number of thiocarbonyl (C=S) groups is 1. The van der Waals surface area contributed by atoms with E-state index in [1.54, 1.807) is 36.1 Å². The fourth-order valence-electron chi connectivity index (χ4n) is 2.51. The summed E-state index contributed by atoms with van der Waals surface area (Å²) >= 11 is 5.11. The summed E-state index contributed by atoms with van der Waals surface area (Å²) in [5, 5.41) is 5.32. The fourth-order valence-corrected chi connectivity index (χ4v) is 2.72. The van der Waals surface area contributed by atoms with Gasteiger partial charge >= 0.3 is 5.97 Å². The summed E-state index contributed by atoms with van der Waals surface area (Å²) in [5.41, 5.74) is 1.01. The molecule has 0 unspecified atom stereocenters. The predicted molar refractivity (Wildman–Crippen MR) is 102 cm³/mol. The van der Waals surface area contributed by atoms with E-state index in [0.717, 1.165) is 38.1 Å². The molecular formula is C18H21N3O4S. The number of rotatable bonds is 5. The van der Waals surface area contributed by atoms with E-state index in [1.807, 2.05) is 0 Å². The minimum Gasteiger partial charge on any atom is -0.463 e. The number of nitrogens with one attached hydrogen (secondary N) is 2. The molecule has 1 aromatic carbocycles. The molecule has 0 spiro atoms. The van der Waals surface area contributed by atoms with E-state index in [0.29, 0.717) is 11.3 Å². The Morgan fingerprint density at radius 1 is 1.19 bits per heavy atom. The molecule has 1 saturated heterocycles. The van der Waals surface area contributed by atoms with Crippen molar-refractivity contribution in [1.82, 2.24) is 10.2 Å². The summed E-state index contributed by atoms with van der Waals surface area (Å²) < 4.78 is 4.69. The van der Waals surface area contributed by atoms with Crippen LogP contribution in [0.1, 0.15) is 30.1 Å². The van der Waals surface area contributed by atoms with E-state index in [2.05, 4.69) is 15.4 Å². The highest BCUT2D eigenvalue weighted by Crippen LogP contribution is 2.20. The first-order chi connectivity index (χ1) is 12.5. The number of carbonyl (C=O) groups excluding carboxylic acids is 3. The molecule has 0 saturated carbocycles. The average Bonchev–Trinajstić information content (AvgIpc) is 3.14. The molecule has 2 N–H and O–H groups in total. The minimum atomic E-state index is -0.608. The molecule has 0 bridgehead atoms. The molecular weight excluding hydrogens is 354 g/mol. The van der Waals surface area contributed by atoms with Crippen LogP contribution in [-0.4, -0.2) is 47.5 Å². The maximum Gasteiger partial charge on any atom is 0.330 e. The summed E-state index contributed by atoms with van der Waals surface area (Å²) in [6.07, 6.45) is 4.06. The zero-order valence-corrected chi connectivity index (χ0v) is 15.3. The zero-order chi connectivity index (χ0) is 18.9. The molecule has 2 rings (SSSR count). The van der Waals surface area contributed by atoms with E-state index < -0.39 is 11.9 Å². The second-order valence-electron chi connectivity index (χ2n) is 5.57. The standard InChI is InChI=1S/C18H21N3O4S/c1-2-25-16(23)10-9-15(22)20-18(26)19-14-8-4-3-7-13(14)17(24)21-11-5-6-12-21/h3-4,7-10H,2,5-6,11-12H2,1H3,(H2,19,20,22,26). The van der Waals surface area contributed by atoms with Crippen LogP contribution in [-0.2, 0) is 14.3 Å². The lowest BCUT2D eigenvalue weighted by Gasteiger charge is -2.18. The largest absolute Gasteiger partial charge is 0.463 e. The fraction of sp³-hybridized carbons (Fsp3) is 0.333. The van der Waals surface area contributed by atoms with Crippen molar-refractivity contribution < 1.29 is 19.1 Å². The van der Waals surface area contributed by atoms with Crippen molar-refractivity contribution in [3.63, 3.8) is 0 Å². The van der Waals surface area contributed by atoms with Gasteiger partial charge in [-0.1, -0.05) is 12.1 Å². The number of carbonyl (C=O) groups is 3. The molecule has 0 radical (unpaired) electrons. The first kappa shape index (κ1) is 19.6. The first-order valence-corrected chi connectivity index (χ1v) is 8.77. The number of benzene rings is 1. The van der Waals surface area contributed by atoms with Gasteiger partial charge in [0.25, 0.3) is 5.91 Å². The van der Waals surface area contributed by atoms with Crippen LogP contribution in [0.3, 0.4) is 0 Å². The van der Waals surface area contributed by atoms with Gasteiger partial charge in [0, 0.05) is 25.2 Å². The third-order valence-electron chi connectivity index (χ3n) is 3.69. The molecule has 1 aliphatic heterocycles. The topological polar surface area (TPSA) is 87.7 Å². The van der Waals surface area contributed by atoms with Gasteiger partial charge < -0.3 is 15.0 Å². The molecule has 0 aliphatic carbocycles. The van der Waals surface area contributed by atoms with Gasteiger partial charge in [0.1, 0.15) is 0 Å². The van der Waals surface area contributed by atoms with E-state index in [4.69, 9.17) is 12.2 Å². The molecule has 138 valence electrons. The molecule has 8 heteroatoms. The van der Waals surface area contributed by atoms with Gasteiger partial charge in [-0.2, -0.15) is 0 Å². The van der Waals surface area contributed by atoms with Crippen LogP contribution < -0.4 is 10.6 Å². The number of amides is 2. The van der Waals surface area contributed by atoms with Crippen molar-refractivity contribution >= 4 is 40.8 Å². The second-order valence-corrected chi connectivity index (χ2v) is 5.98. The molecule has 1 heterocycles. The smallest absolute Gasteiger partial charge is 0.330 e. The minimum absolute atomic E-state index is 0.0326. The Morgan fingerprint density at radius 3 is 2.58 bits per heavy atom. The van der Waals surface area contributed by atoms with Crippen molar-refractivity contribution in [2.24, 2.45) is 0 Å². The molecule has 1 aromatic rings. The van der Waals surface area contributed by atoms with Crippen LogP contribution in [0.25, 0.3) is 0 Å². The summed E-state index contributed by atoms with van der Waals surface area (Å²) in [4.78, 5) is 37.4. The highest BCUT2D eigenvalue weighted by atomic mass is 32.1. The van der Waals surface area contributed by atoms with Crippen LogP contribution in [0, 0.1) is 0 Å². The monoisotopic (exact) mass is 375 g/mol.